The fraction of sp³-hybridized carbons (Fsp3) is 0.400. The molecule has 1 aromatic carbocycles. The second-order valence-electron chi connectivity index (χ2n) is 3.56. The topological polar surface area (TPSA) is 46.2 Å². The van der Waals surface area contributed by atoms with Crippen LogP contribution in [0.25, 0.3) is 0 Å². The summed E-state index contributed by atoms with van der Waals surface area (Å²) >= 11 is 8.34. The Balaban J connectivity index is 2.84. The summed E-state index contributed by atoms with van der Waals surface area (Å²) in [4.78, 5) is 0. The zero-order chi connectivity index (χ0) is 13.8. The summed E-state index contributed by atoms with van der Waals surface area (Å²) in [6.07, 6.45) is 0.925. The van der Waals surface area contributed by atoms with Gasteiger partial charge in [-0.05, 0) is 34.8 Å². The zero-order valence-electron chi connectivity index (χ0n) is 9.22. The number of rotatable bonds is 6. The van der Waals surface area contributed by atoms with Crippen LogP contribution < -0.4 is 4.72 Å². The fourth-order valence-corrected chi connectivity index (χ4v) is 3.26. The molecule has 0 aliphatic heterocycles. The first-order valence-corrected chi connectivity index (χ1v) is 8.04. The summed E-state index contributed by atoms with van der Waals surface area (Å²) in [7, 11) is -3.67. The molecule has 0 unspecified atom stereocenters. The van der Waals surface area contributed by atoms with Gasteiger partial charge in [-0.15, -0.1) is 11.6 Å². The Labute approximate surface area is 118 Å². The first-order valence-electron chi connectivity index (χ1n) is 5.07. The zero-order valence-corrected chi connectivity index (χ0v) is 12.4. The van der Waals surface area contributed by atoms with Gasteiger partial charge in [-0.1, -0.05) is 0 Å². The first-order chi connectivity index (χ1) is 8.35. The third-order valence-electron chi connectivity index (χ3n) is 2.06. The van der Waals surface area contributed by atoms with E-state index in [2.05, 4.69) is 20.7 Å². The molecule has 3 nitrogen and oxygen atoms in total. The van der Waals surface area contributed by atoms with E-state index in [0.717, 1.165) is 6.07 Å². The highest BCUT2D eigenvalue weighted by Crippen LogP contribution is 2.27. The monoisotopic (exact) mass is 361 g/mol. The van der Waals surface area contributed by atoms with Crippen molar-refractivity contribution in [2.24, 2.45) is 0 Å². The molecule has 1 N–H and O–H groups in total. The Bertz CT molecular complexity index is 502. The van der Waals surface area contributed by atoms with Crippen LogP contribution in [0.2, 0.25) is 0 Å². The van der Waals surface area contributed by atoms with E-state index in [-0.39, 0.29) is 15.9 Å². The minimum atomic E-state index is -3.67. The molecule has 0 heterocycles. The van der Waals surface area contributed by atoms with E-state index in [9.17, 15) is 17.2 Å². The standard InChI is InChI=1S/C10H11BrClF2NO2S/c11-8-5-7(13)6-9(14)10(8)15-18(16,17)4-2-1-3-12/h5-6,15H,1-4H2. The van der Waals surface area contributed by atoms with E-state index in [1.807, 2.05) is 0 Å². The predicted molar refractivity (Wildman–Crippen MR) is 71.4 cm³/mol. The molecule has 0 amide bonds. The SMILES string of the molecule is O=S(=O)(CCCCCl)Nc1c(F)cc(F)cc1Br. The van der Waals surface area contributed by atoms with Crippen LogP contribution in [-0.2, 0) is 10.0 Å². The Morgan fingerprint density at radius 3 is 2.50 bits per heavy atom. The van der Waals surface area contributed by atoms with Gasteiger partial charge in [0.05, 0.1) is 11.4 Å². The van der Waals surface area contributed by atoms with Gasteiger partial charge in [0.1, 0.15) is 5.82 Å². The summed E-state index contributed by atoms with van der Waals surface area (Å²) in [5.41, 5.74) is -0.290. The van der Waals surface area contributed by atoms with Crippen molar-refractivity contribution in [1.29, 1.82) is 0 Å². The molecular formula is C10H11BrClF2NO2S. The Morgan fingerprint density at radius 1 is 1.28 bits per heavy atom. The lowest BCUT2D eigenvalue weighted by molar-refractivity contribution is 0.581. The number of unbranched alkanes of at least 4 members (excludes halogenated alkanes) is 1. The largest absolute Gasteiger partial charge is 0.279 e. The molecular weight excluding hydrogens is 352 g/mol. The maximum absolute atomic E-state index is 13.4. The van der Waals surface area contributed by atoms with Crippen LogP contribution in [0, 0.1) is 11.6 Å². The Hall–Kier alpha value is -0.400. The third-order valence-corrected chi connectivity index (χ3v) is 4.30. The van der Waals surface area contributed by atoms with Crippen molar-refractivity contribution in [3.63, 3.8) is 0 Å². The molecule has 0 radical (unpaired) electrons. The predicted octanol–water partition coefficient (Wildman–Crippen LogP) is 3.49. The highest BCUT2D eigenvalue weighted by Gasteiger charge is 2.16. The average Bonchev–Trinajstić information content (AvgIpc) is 2.23. The molecule has 0 atom stereocenters. The summed E-state index contributed by atoms with van der Waals surface area (Å²) in [6.45, 7) is 0. The normalized spacial score (nSPS) is 11.6. The van der Waals surface area contributed by atoms with Crippen molar-refractivity contribution >= 4 is 43.2 Å². The summed E-state index contributed by atoms with van der Waals surface area (Å²) in [5.74, 6) is -1.56. The van der Waals surface area contributed by atoms with Gasteiger partial charge in [-0.2, -0.15) is 0 Å². The van der Waals surface area contributed by atoms with Crippen LogP contribution in [0.3, 0.4) is 0 Å². The molecule has 0 bridgehead atoms. The summed E-state index contributed by atoms with van der Waals surface area (Å²) < 4.78 is 51.6. The highest BCUT2D eigenvalue weighted by atomic mass is 79.9. The molecule has 18 heavy (non-hydrogen) atoms. The van der Waals surface area contributed by atoms with Crippen molar-refractivity contribution in [2.75, 3.05) is 16.4 Å². The lowest BCUT2D eigenvalue weighted by Crippen LogP contribution is -2.18. The van der Waals surface area contributed by atoms with E-state index in [1.54, 1.807) is 0 Å². The maximum atomic E-state index is 13.4. The van der Waals surface area contributed by atoms with Crippen molar-refractivity contribution < 1.29 is 17.2 Å². The molecule has 0 saturated carbocycles. The number of alkyl halides is 1. The van der Waals surface area contributed by atoms with Gasteiger partial charge in [-0.3, -0.25) is 4.72 Å². The van der Waals surface area contributed by atoms with Crippen LogP contribution in [-0.4, -0.2) is 20.1 Å². The van der Waals surface area contributed by atoms with Crippen LogP contribution in [0.1, 0.15) is 12.8 Å². The van der Waals surface area contributed by atoms with E-state index in [4.69, 9.17) is 11.6 Å². The van der Waals surface area contributed by atoms with Crippen LogP contribution in [0.4, 0.5) is 14.5 Å². The average molecular weight is 363 g/mol. The molecule has 0 aromatic heterocycles. The summed E-state index contributed by atoms with van der Waals surface area (Å²) in [6, 6.07) is 1.60. The molecule has 1 aromatic rings. The quantitative estimate of drug-likeness (QED) is 0.622. The Morgan fingerprint density at radius 2 is 1.94 bits per heavy atom. The second-order valence-corrected chi connectivity index (χ2v) is 6.64. The Kier molecular flexibility index (Phi) is 5.81. The van der Waals surface area contributed by atoms with Gasteiger partial charge >= 0.3 is 0 Å². The van der Waals surface area contributed by atoms with E-state index in [1.165, 1.54) is 0 Å². The molecule has 102 valence electrons. The lowest BCUT2D eigenvalue weighted by atomic mass is 10.3. The van der Waals surface area contributed by atoms with Crippen molar-refractivity contribution in [3.05, 3.63) is 28.2 Å². The number of halogens is 4. The third kappa shape index (κ3) is 4.70. The highest BCUT2D eigenvalue weighted by molar-refractivity contribution is 9.10. The van der Waals surface area contributed by atoms with Crippen molar-refractivity contribution in [3.8, 4) is 0 Å². The first kappa shape index (κ1) is 15.7. The number of anilines is 1. The number of sulfonamides is 1. The van der Waals surface area contributed by atoms with Gasteiger partial charge in [0.15, 0.2) is 5.82 Å². The minimum Gasteiger partial charge on any atom is -0.279 e. The van der Waals surface area contributed by atoms with Crippen LogP contribution >= 0.6 is 27.5 Å². The molecule has 0 spiro atoms. The molecule has 0 fully saturated rings. The fourth-order valence-electron chi connectivity index (χ4n) is 1.23. The second kappa shape index (κ2) is 6.68. The van der Waals surface area contributed by atoms with E-state index < -0.39 is 21.7 Å². The van der Waals surface area contributed by atoms with Gasteiger partial charge in [0.2, 0.25) is 10.0 Å². The van der Waals surface area contributed by atoms with Gasteiger partial charge in [0, 0.05) is 16.4 Å². The van der Waals surface area contributed by atoms with Gasteiger partial charge < -0.3 is 0 Å². The smallest absolute Gasteiger partial charge is 0.232 e. The molecule has 0 aliphatic carbocycles. The molecule has 8 heteroatoms. The van der Waals surface area contributed by atoms with Crippen LogP contribution in [0.15, 0.2) is 16.6 Å². The van der Waals surface area contributed by atoms with Gasteiger partial charge in [-0.25, -0.2) is 17.2 Å². The van der Waals surface area contributed by atoms with E-state index >= 15 is 0 Å². The maximum Gasteiger partial charge on any atom is 0.232 e. The number of benzene rings is 1. The molecule has 0 aliphatic rings. The number of hydrogen-bond acceptors (Lipinski definition) is 2. The van der Waals surface area contributed by atoms with Gasteiger partial charge in [0.25, 0.3) is 0 Å². The van der Waals surface area contributed by atoms with Crippen LogP contribution in [0.5, 0.6) is 0 Å². The van der Waals surface area contributed by atoms with Crippen molar-refractivity contribution in [1.82, 2.24) is 0 Å². The van der Waals surface area contributed by atoms with E-state index in [0.29, 0.717) is 24.8 Å². The van der Waals surface area contributed by atoms with Crippen molar-refractivity contribution in [2.45, 2.75) is 12.8 Å². The summed E-state index contributed by atoms with van der Waals surface area (Å²) in [5, 5.41) is 0. The number of hydrogen-bond donors (Lipinski definition) is 1. The molecule has 1 rings (SSSR count). The molecule has 0 saturated heterocycles. The minimum absolute atomic E-state index is 0.0147. The lowest BCUT2D eigenvalue weighted by Gasteiger charge is -2.10. The number of nitrogens with one attached hydrogen (secondary N) is 1.